The number of hydrogen-bond acceptors (Lipinski definition) is 3. The van der Waals surface area contributed by atoms with Crippen LogP contribution in [0.2, 0.25) is 0 Å². The minimum absolute atomic E-state index is 0.567. The summed E-state index contributed by atoms with van der Waals surface area (Å²) in [5.74, 6) is -0.567. The second-order valence-corrected chi connectivity index (χ2v) is 1.64. The molecule has 5 N–H and O–H groups in total. The molecular weight excluding hydrogens is 122 g/mol. The first-order chi connectivity index (χ1) is 4.04. The lowest BCUT2D eigenvalue weighted by atomic mass is 10.3. The van der Waals surface area contributed by atoms with Gasteiger partial charge in [0.2, 0.25) is 5.91 Å². The van der Waals surface area contributed by atoms with E-state index in [0.29, 0.717) is 0 Å². The van der Waals surface area contributed by atoms with Gasteiger partial charge in [-0.2, -0.15) is 0 Å². The first-order valence-corrected chi connectivity index (χ1v) is 2.40. The van der Waals surface area contributed by atoms with E-state index in [1.807, 2.05) is 5.32 Å². The molecule has 0 aliphatic rings. The quantitative estimate of drug-likeness (QED) is 0.405. The van der Waals surface area contributed by atoms with Gasteiger partial charge in [0, 0.05) is 0 Å². The van der Waals surface area contributed by atoms with Crippen LogP contribution in [0.5, 0.6) is 0 Å². The highest BCUT2D eigenvalue weighted by atomic mass is 16.2. The number of primary amides is 1. The van der Waals surface area contributed by atoms with Crippen molar-refractivity contribution in [2.75, 3.05) is 0 Å². The van der Waals surface area contributed by atoms with Gasteiger partial charge in [-0.15, -0.1) is 0 Å². The SMILES string of the molecule is C[C@@H](N)C(=O)NC(N)=O. The summed E-state index contributed by atoms with van der Waals surface area (Å²) in [6.45, 7) is 1.46. The third kappa shape index (κ3) is 3.48. The minimum atomic E-state index is -0.877. The van der Waals surface area contributed by atoms with Gasteiger partial charge in [0.1, 0.15) is 0 Å². The zero-order chi connectivity index (χ0) is 7.44. The lowest BCUT2D eigenvalue weighted by Crippen LogP contribution is -2.43. The summed E-state index contributed by atoms with van der Waals surface area (Å²) in [7, 11) is 0. The van der Waals surface area contributed by atoms with Gasteiger partial charge in [0.25, 0.3) is 0 Å². The maximum Gasteiger partial charge on any atom is 0.318 e. The van der Waals surface area contributed by atoms with E-state index in [4.69, 9.17) is 5.73 Å². The second-order valence-electron chi connectivity index (χ2n) is 1.64. The molecular formula is C4H9N3O2. The second kappa shape index (κ2) is 3.03. The number of nitrogens with one attached hydrogen (secondary N) is 1. The summed E-state index contributed by atoms with van der Waals surface area (Å²) >= 11 is 0. The number of nitrogens with two attached hydrogens (primary N) is 2. The molecule has 3 amide bonds. The van der Waals surface area contributed by atoms with Crippen LogP contribution < -0.4 is 16.8 Å². The summed E-state index contributed by atoms with van der Waals surface area (Å²) in [6, 6.07) is -1.57. The van der Waals surface area contributed by atoms with Crippen molar-refractivity contribution in [3.63, 3.8) is 0 Å². The van der Waals surface area contributed by atoms with Crippen LogP contribution >= 0.6 is 0 Å². The Morgan fingerprint density at radius 2 is 2.00 bits per heavy atom. The van der Waals surface area contributed by atoms with Crippen molar-refractivity contribution < 1.29 is 9.59 Å². The average Bonchev–Trinajstić information content (AvgIpc) is 1.63. The molecule has 0 heterocycles. The maximum absolute atomic E-state index is 10.4. The number of imide groups is 1. The van der Waals surface area contributed by atoms with Crippen molar-refractivity contribution in [2.45, 2.75) is 13.0 Å². The van der Waals surface area contributed by atoms with Gasteiger partial charge in [0.05, 0.1) is 6.04 Å². The smallest absolute Gasteiger partial charge is 0.318 e. The Balaban J connectivity index is 3.64. The molecule has 0 radical (unpaired) electrons. The molecule has 0 saturated carbocycles. The fourth-order valence-corrected chi connectivity index (χ4v) is 0.235. The van der Waals surface area contributed by atoms with Gasteiger partial charge in [-0.1, -0.05) is 0 Å². The summed E-state index contributed by atoms with van der Waals surface area (Å²) in [5.41, 5.74) is 9.67. The van der Waals surface area contributed by atoms with Crippen LogP contribution in [0.15, 0.2) is 0 Å². The third-order valence-corrected chi connectivity index (χ3v) is 0.660. The first-order valence-electron chi connectivity index (χ1n) is 2.40. The van der Waals surface area contributed by atoms with Crippen LogP contribution in [0, 0.1) is 0 Å². The zero-order valence-corrected chi connectivity index (χ0v) is 5.05. The number of urea groups is 1. The van der Waals surface area contributed by atoms with Crippen LogP contribution in [0.25, 0.3) is 0 Å². The van der Waals surface area contributed by atoms with Crippen molar-refractivity contribution in [3.8, 4) is 0 Å². The van der Waals surface area contributed by atoms with E-state index in [2.05, 4.69) is 5.73 Å². The predicted octanol–water partition coefficient (Wildman–Crippen LogP) is -1.47. The largest absolute Gasteiger partial charge is 0.351 e. The Morgan fingerprint density at radius 1 is 1.56 bits per heavy atom. The van der Waals surface area contributed by atoms with Crippen molar-refractivity contribution in [1.29, 1.82) is 0 Å². The molecule has 9 heavy (non-hydrogen) atoms. The number of amides is 3. The molecule has 0 rings (SSSR count). The Bertz CT molecular complexity index is 132. The van der Waals surface area contributed by atoms with Gasteiger partial charge in [-0.05, 0) is 6.92 Å². The number of carbonyl (C=O) groups excluding carboxylic acids is 2. The van der Waals surface area contributed by atoms with E-state index in [9.17, 15) is 9.59 Å². The standard InChI is InChI=1S/C4H9N3O2/c1-2(5)3(8)7-4(6)9/h2H,5H2,1H3,(H3,6,7,8,9)/t2-/m1/s1. The van der Waals surface area contributed by atoms with Crippen molar-refractivity contribution >= 4 is 11.9 Å². The topological polar surface area (TPSA) is 98.2 Å². The fraction of sp³-hybridized carbons (Fsp3) is 0.500. The third-order valence-electron chi connectivity index (χ3n) is 0.660. The maximum atomic E-state index is 10.4. The molecule has 0 aliphatic carbocycles. The molecule has 0 saturated heterocycles. The van der Waals surface area contributed by atoms with E-state index in [-0.39, 0.29) is 0 Å². The van der Waals surface area contributed by atoms with Crippen LogP contribution in [0.1, 0.15) is 6.92 Å². The lowest BCUT2D eigenvalue weighted by molar-refractivity contribution is -0.120. The number of hydrogen-bond donors (Lipinski definition) is 3. The lowest BCUT2D eigenvalue weighted by Gasteiger charge is -2.01. The molecule has 52 valence electrons. The number of rotatable bonds is 1. The molecule has 0 unspecified atom stereocenters. The predicted molar refractivity (Wildman–Crippen MR) is 31.4 cm³/mol. The molecule has 5 nitrogen and oxygen atoms in total. The average molecular weight is 131 g/mol. The molecule has 5 heteroatoms. The fourth-order valence-electron chi connectivity index (χ4n) is 0.235. The molecule has 0 spiro atoms. The summed E-state index contributed by atoms with van der Waals surface area (Å²) in [4.78, 5) is 20.4. The number of carbonyl (C=O) groups is 2. The van der Waals surface area contributed by atoms with Gasteiger partial charge >= 0.3 is 6.03 Å². The van der Waals surface area contributed by atoms with Gasteiger partial charge < -0.3 is 11.5 Å². The van der Waals surface area contributed by atoms with Crippen molar-refractivity contribution in [3.05, 3.63) is 0 Å². The van der Waals surface area contributed by atoms with E-state index in [1.54, 1.807) is 0 Å². The highest BCUT2D eigenvalue weighted by molar-refractivity contribution is 5.95. The molecule has 0 aliphatic heterocycles. The highest BCUT2D eigenvalue weighted by Gasteiger charge is 2.07. The Labute approximate surface area is 52.4 Å². The van der Waals surface area contributed by atoms with Gasteiger partial charge in [-0.3, -0.25) is 10.1 Å². The molecule has 0 aromatic rings. The monoisotopic (exact) mass is 131 g/mol. The zero-order valence-electron chi connectivity index (χ0n) is 5.05. The molecule has 0 aromatic heterocycles. The van der Waals surface area contributed by atoms with E-state index in [1.165, 1.54) is 6.92 Å². The molecule has 0 bridgehead atoms. The van der Waals surface area contributed by atoms with Gasteiger partial charge in [-0.25, -0.2) is 4.79 Å². The normalized spacial score (nSPS) is 12.2. The van der Waals surface area contributed by atoms with Crippen molar-refractivity contribution in [2.24, 2.45) is 11.5 Å². The Kier molecular flexibility index (Phi) is 2.66. The summed E-state index contributed by atoms with van der Waals surface area (Å²) in [6.07, 6.45) is 0. The van der Waals surface area contributed by atoms with Crippen LogP contribution in [-0.2, 0) is 4.79 Å². The van der Waals surface area contributed by atoms with Gasteiger partial charge in [0.15, 0.2) is 0 Å². The summed E-state index contributed by atoms with van der Waals surface area (Å²) in [5, 5.41) is 1.82. The molecule has 1 atom stereocenters. The highest BCUT2D eigenvalue weighted by Crippen LogP contribution is 1.72. The van der Waals surface area contributed by atoms with Crippen molar-refractivity contribution in [1.82, 2.24) is 5.32 Å². The molecule has 0 aromatic carbocycles. The van der Waals surface area contributed by atoms with Crippen LogP contribution in [-0.4, -0.2) is 18.0 Å². The summed E-state index contributed by atoms with van der Waals surface area (Å²) < 4.78 is 0. The van der Waals surface area contributed by atoms with E-state index >= 15 is 0 Å². The minimum Gasteiger partial charge on any atom is -0.351 e. The Morgan fingerprint density at radius 3 is 2.11 bits per heavy atom. The Hall–Kier alpha value is -1.10. The molecule has 0 fully saturated rings. The van der Waals surface area contributed by atoms with Crippen LogP contribution in [0.3, 0.4) is 0 Å². The van der Waals surface area contributed by atoms with E-state index in [0.717, 1.165) is 0 Å². The first kappa shape index (κ1) is 7.90. The van der Waals surface area contributed by atoms with E-state index < -0.39 is 18.0 Å². The van der Waals surface area contributed by atoms with Crippen LogP contribution in [0.4, 0.5) is 4.79 Å².